The molecule has 2 heterocycles. The molecule has 0 aromatic carbocycles. The van der Waals surface area contributed by atoms with Crippen molar-refractivity contribution in [1.82, 2.24) is 9.80 Å². The van der Waals surface area contributed by atoms with Gasteiger partial charge < -0.3 is 14.5 Å². The van der Waals surface area contributed by atoms with Crippen LogP contribution in [0.2, 0.25) is 0 Å². The molecule has 2 saturated heterocycles. The summed E-state index contributed by atoms with van der Waals surface area (Å²) in [5.41, 5.74) is 0. The number of likely N-dealkylation sites (tertiary alicyclic amines) is 1. The van der Waals surface area contributed by atoms with Crippen LogP contribution in [0.3, 0.4) is 0 Å². The maximum atomic E-state index is 11.4. The maximum absolute atomic E-state index is 11.4. The fourth-order valence-electron chi connectivity index (χ4n) is 4.36. The van der Waals surface area contributed by atoms with Gasteiger partial charge in [0.1, 0.15) is 6.61 Å². The molecule has 3 fully saturated rings. The molecule has 0 N–H and O–H groups in total. The van der Waals surface area contributed by atoms with Crippen molar-refractivity contribution in [3.63, 3.8) is 0 Å². The Bertz CT molecular complexity index is 342. The normalized spacial score (nSPS) is 28.3. The summed E-state index contributed by atoms with van der Waals surface area (Å²) in [7, 11) is 0. The smallest absolute Gasteiger partial charge is 0.409 e. The van der Waals surface area contributed by atoms with E-state index in [9.17, 15) is 4.79 Å². The Morgan fingerprint density at radius 2 is 1.86 bits per heavy atom. The number of cyclic esters (lactones) is 1. The lowest BCUT2D eigenvalue weighted by Crippen LogP contribution is -2.35. The Labute approximate surface area is 128 Å². The molecule has 3 aliphatic rings. The summed E-state index contributed by atoms with van der Waals surface area (Å²) in [6.07, 6.45) is 12.4. The highest BCUT2D eigenvalue weighted by molar-refractivity contribution is 5.69. The first kappa shape index (κ1) is 15.1. The van der Waals surface area contributed by atoms with Crippen molar-refractivity contribution >= 4 is 6.09 Å². The zero-order chi connectivity index (χ0) is 14.5. The Kier molecular flexibility index (Phi) is 5.39. The molecule has 0 aromatic heterocycles. The number of rotatable bonds is 6. The van der Waals surface area contributed by atoms with E-state index in [0.29, 0.717) is 6.61 Å². The van der Waals surface area contributed by atoms with Gasteiger partial charge in [0.05, 0.1) is 6.54 Å². The molecule has 1 saturated carbocycles. The Hall–Kier alpha value is -0.770. The molecule has 0 aromatic rings. The van der Waals surface area contributed by atoms with Gasteiger partial charge in [0, 0.05) is 19.1 Å². The fraction of sp³-hybridized carbons (Fsp3) is 0.941. The largest absolute Gasteiger partial charge is 0.448 e. The number of ether oxygens (including phenoxy) is 1. The molecular weight excluding hydrogens is 264 g/mol. The van der Waals surface area contributed by atoms with Gasteiger partial charge in [0.15, 0.2) is 0 Å². The lowest BCUT2D eigenvalue weighted by Gasteiger charge is -2.30. The first-order chi connectivity index (χ1) is 10.3. The minimum Gasteiger partial charge on any atom is -0.448 e. The molecule has 0 radical (unpaired) electrons. The monoisotopic (exact) mass is 294 g/mol. The van der Waals surface area contributed by atoms with Crippen LogP contribution >= 0.6 is 0 Å². The van der Waals surface area contributed by atoms with E-state index in [0.717, 1.165) is 38.0 Å². The second kappa shape index (κ2) is 7.48. The van der Waals surface area contributed by atoms with Gasteiger partial charge in [-0.1, -0.05) is 32.1 Å². The average Bonchev–Trinajstić information content (AvgIpc) is 3.10. The fourth-order valence-corrected chi connectivity index (χ4v) is 4.36. The van der Waals surface area contributed by atoms with Crippen LogP contribution in [0.5, 0.6) is 0 Å². The second-order valence-corrected chi connectivity index (χ2v) is 7.03. The Balaban J connectivity index is 1.38. The van der Waals surface area contributed by atoms with E-state index in [1.807, 2.05) is 4.90 Å². The second-order valence-electron chi connectivity index (χ2n) is 7.03. The van der Waals surface area contributed by atoms with Crippen LogP contribution in [0.25, 0.3) is 0 Å². The van der Waals surface area contributed by atoms with Gasteiger partial charge in [-0.25, -0.2) is 4.79 Å². The maximum Gasteiger partial charge on any atom is 0.409 e. The van der Waals surface area contributed by atoms with E-state index in [-0.39, 0.29) is 6.09 Å². The van der Waals surface area contributed by atoms with Crippen molar-refractivity contribution in [3.8, 4) is 0 Å². The number of nitrogens with zero attached hydrogens (tertiary/aromatic N) is 2. The van der Waals surface area contributed by atoms with Gasteiger partial charge in [-0.3, -0.25) is 0 Å². The molecule has 0 unspecified atom stereocenters. The van der Waals surface area contributed by atoms with Crippen molar-refractivity contribution in [3.05, 3.63) is 0 Å². The topological polar surface area (TPSA) is 32.8 Å². The van der Waals surface area contributed by atoms with Crippen LogP contribution in [-0.2, 0) is 4.74 Å². The molecule has 1 atom stereocenters. The summed E-state index contributed by atoms with van der Waals surface area (Å²) in [6.45, 7) is 4.64. The van der Waals surface area contributed by atoms with Crippen molar-refractivity contribution < 1.29 is 9.53 Å². The van der Waals surface area contributed by atoms with Crippen LogP contribution in [-0.4, -0.2) is 54.7 Å². The minimum absolute atomic E-state index is 0.116. The summed E-state index contributed by atoms with van der Waals surface area (Å²) in [4.78, 5) is 16.0. The van der Waals surface area contributed by atoms with Gasteiger partial charge in [0.2, 0.25) is 0 Å². The molecule has 1 aliphatic carbocycles. The number of carbonyl (C=O) groups is 1. The van der Waals surface area contributed by atoms with Crippen LogP contribution in [0.1, 0.15) is 57.8 Å². The zero-order valence-electron chi connectivity index (χ0n) is 13.3. The average molecular weight is 294 g/mol. The van der Waals surface area contributed by atoms with Gasteiger partial charge >= 0.3 is 6.09 Å². The SMILES string of the molecule is O=C1OCCN1CCCN1CCC[C@@H]1CC1CCCCC1. The summed E-state index contributed by atoms with van der Waals surface area (Å²) in [5, 5.41) is 0. The lowest BCUT2D eigenvalue weighted by molar-refractivity contribution is 0.154. The standard InChI is InChI=1S/C17H30N2O2/c20-17-19(12-13-21-17)11-5-10-18-9-4-8-16(18)14-15-6-2-1-3-7-15/h15-16H,1-14H2/t16-/m1/s1. The highest BCUT2D eigenvalue weighted by Crippen LogP contribution is 2.32. The quantitative estimate of drug-likeness (QED) is 0.754. The van der Waals surface area contributed by atoms with Crippen LogP contribution in [0.15, 0.2) is 0 Å². The molecule has 2 aliphatic heterocycles. The molecule has 0 spiro atoms. The molecule has 1 amide bonds. The van der Waals surface area contributed by atoms with Gasteiger partial charge in [-0.05, 0) is 38.1 Å². The first-order valence-electron chi connectivity index (χ1n) is 8.98. The summed E-state index contributed by atoms with van der Waals surface area (Å²) in [5.74, 6) is 0.984. The molecule has 4 nitrogen and oxygen atoms in total. The molecule has 4 heteroatoms. The van der Waals surface area contributed by atoms with E-state index < -0.39 is 0 Å². The summed E-state index contributed by atoms with van der Waals surface area (Å²) < 4.78 is 4.98. The number of hydrogen-bond acceptors (Lipinski definition) is 3. The minimum atomic E-state index is -0.116. The van der Waals surface area contributed by atoms with E-state index in [4.69, 9.17) is 4.74 Å². The van der Waals surface area contributed by atoms with Crippen LogP contribution in [0, 0.1) is 5.92 Å². The van der Waals surface area contributed by atoms with Crippen molar-refractivity contribution in [2.45, 2.75) is 63.8 Å². The summed E-state index contributed by atoms with van der Waals surface area (Å²) in [6, 6.07) is 0.818. The molecular formula is C17H30N2O2. The lowest BCUT2D eigenvalue weighted by atomic mass is 9.84. The van der Waals surface area contributed by atoms with E-state index in [1.165, 1.54) is 57.9 Å². The third-order valence-corrected chi connectivity index (χ3v) is 5.55. The molecule has 0 bridgehead atoms. The first-order valence-corrected chi connectivity index (χ1v) is 8.98. The molecule has 21 heavy (non-hydrogen) atoms. The van der Waals surface area contributed by atoms with E-state index >= 15 is 0 Å². The molecule has 120 valence electrons. The third-order valence-electron chi connectivity index (χ3n) is 5.55. The highest BCUT2D eigenvalue weighted by atomic mass is 16.6. The zero-order valence-corrected chi connectivity index (χ0v) is 13.3. The summed E-state index contributed by atoms with van der Waals surface area (Å²) >= 11 is 0. The highest BCUT2D eigenvalue weighted by Gasteiger charge is 2.28. The van der Waals surface area contributed by atoms with E-state index in [1.54, 1.807) is 0 Å². The van der Waals surface area contributed by atoms with Gasteiger partial charge in [-0.2, -0.15) is 0 Å². The number of hydrogen-bond donors (Lipinski definition) is 0. The predicted octanol–water partition coefficient (Wildman–Crippen LogP) is 3.26. The van der Waals surface area contributed by atoms with Crippen molar-refractivity contribution in [2.75, 3.05) is 32.8 Å². The Morgan fingerprint density at radius 1 is 1.00 bits per heavy atom. The van der Waals surface area contributed by atoms with Crippen LogP contribution in [0.4, 0.5) is 4.79 Å². The third kappa shape index (κ3) is 4.12. The molecule has 3 rings (SSSR count). The van der Waals surface area contributed by atoms with Gasteiger partial charge in [-0.15, -0.1) is 0 Å². The predicted molar refractivity (Wildman–Crippen MR) is 83.3 cm³/mol. The van der Waals surface area contributed by atoms with Gasteiger partial charge in [0.25, 0.3) is 0 Å². The van der Waals surface area contributed by atoms with Crippen LogP contribution < -0.4 is 0 Å². The number of carbonyl (C=O) groups excluding carboxylic acids is 1. The van der Waals surface area contributed by atoms with Crippen molar-refractivity contribution in [2.24, 2.45) is 5.92 Å². The van der Waals surface area contributed by atoms with E-state index in [2.05, 4.69) is 4.90 Å². The van der Waals surface area contributed by atoms with Crippen molar-refractivity contribution in [1.29, 1.82) is 0 Å². The Morgan fingerprint density at radius 3 is 2.62 bits per heavy atom. The number of amides is 1.